The van der Waals surface area contributed by atoms with Gasteiger partial charge in [-0.2, -0.15) is 9.97 Å². The summed E-state index contributed by atoms with van der Waals surface area (Å²) in [6.07, 6.45) is -2.08. The Morgan fingerprint density at radius 2 is 1.44 bits per heavy atom. The van der Waals surface area contributed by atoms with Crippen LogP contribution in [0.25, 0.3) is 0 Å². The van der Waals surface area contributed by atoms with E-state index in [-0.39, 0.29) is 47.2 Å². The van der Waals surface area contributed by atoms with E-state index >= 15 is 0 Å². The molecule has 0 aromatic carbocycles. The van der Waals surface area contributed by atoms with Gasteiger partial charge in [0, 0.05) is 13.1 Å². The highest BCUT2D eigenvalue weighted by Crippen LogP contribution is 2.32. The Hall–Kier alpha value is -3.93. The molecule has 0 amide bonds. The minimum Gasteiger partial charge on any atom is -0.391 e. The van der Waals surface area contributed by atoms with Gasteiger partial charge in [-0.15, -0.1) is 0 Å². The predicted molar refractivity (Wildman–Crippen MR) is 154 cm³/mol. The molecular formula is C24H40N10O7. The van der Waals surface area contributed by atoms with Crippen LogP contribution in [0.2, 0.25) is 0 Å². The second-order valence-corrected chi connectivity index (χ2v) is 10.6. The lowest BCUT2D eigenvalue weighted by Gasteiger charge is -2.31. The molecule has 1 saturated heterocycles. The summed E-state index contributed by atoms with van der Waals surface area (Å²) >= 11 is 0. The maximum atomic E-state index is 11.9. The zero-order valence-corrected chi connectivity index (χ0v) is 23.9. The Labute approximate surface area is 235 Å². The fourth-order valence-corrected chi connectivity index (χ4v) is 4.51. The first-order valence-electron chi connectivity index (χ1n) is 13.1. The summed E-state index contributed by atoms with van der Waals surface area (Å²) in [5, 5.41) is 31.0. The van der Waals surface area contributed by atoms with Crippen LogP contribution in [0.5, 0.6) is 0 Å². The Morgan fingerprint density at radius 3 is 1.90 bits per heavy atom. The molecule has 1 fully saturated rings. The van der Waals surface area contributed by atoms with Gasteiger partial charge in [0.1, 0.15) is 29.4 Å². The van der Waals surface area contributed by atoms with Gasteiger partial charge in [-0.3, -0.25) is 19.6 Å². The van der Waals surface area contributed by atoms with Gasteiger partial charge in [0.15, 0.2) is 17.4 Å². The molecule has 3 aliphatic rings. The van der Waals surface area contributed by atoms with Gasteiger partial charge >= 0.3 is 0 Å². The van der Waals surface area contributed by atoms with Crippen LogP contribution in [0, 0.1) is 0 Å². The number of nitrogens with zero attached hydrogens (tertiary/aromatic N) is 2. The summed E-state index contributed by atoms with van der Waals surface area (Å²) < 4.78 is 11.6. The van der Waals surface area contributed by atoms with E-state index in [1.807, 2.05) is 20.8 Å². The number of aromatic nitrogens is 4. The number of aliphatic hydroxyl groups is 2. The Kier molecular flexibility index (Phi) is 9.80. The van der Waals surface area contributed by atoms with E-state index in [0.717, 1.165) is 0 Å². The van der Waals surface area contributed by atoms with Crippen LogP contribution in [-0.4, -0.2) is 91.3 Å². The number of ether oxygens (including phenoxy) is 2. The number of hydrogen-bond acceptors (Lipinski definition) is 15. The molecule has 3 aliphatic heterocycles. The van der Waals surface area contributed by atoms with Crippen molar-refractivity contribution in [2.24, 2.45) is 0 Å². The van der Waals surface area contributed by atoms with Gasteiger partial charge in [0.25, 0.3) is 11.1 Å². The average molecular weight is 581 g/mol. The van der Waals surface area contributed by atoms with E-state index in [1.165, 1.54) is 20.8 Å². The zero-order valence-electron chi connectivity index (χ0n) is 23.9. The summed E-state index contributed by atoms with van der Waals surface area (Å²) in [5.41, 5.74) is 10.8. The fraction of sp³-hybridized carbons (Fsp3) is 0.625. The van der Waals surface area contributed by atoms with Crippen molar-refractivity contribution in [2.75, 3.05) is 45.8 Å². The second kappa shape index (κ2) is 12.7. The van der Waals surface area contributed by atoms with Crippen molar-refractivity contribution in [3.63, 3.8) is 0 Å². The summed E-state index contributed by atoms with van der Waals surface area (Å²) in [7, 11) is 0. The number of anilines is 6. The van der Waals surface area contributed by atoms with E-state index in [1.54, 1.807) is 0 Å². The molecule has 17 nitrogen and oxygen atoms in total. The molecular weight excluding hydrogens is 540 g/mol. The highest BCUT2D eigenvalue weighted by Gasteiger charge is 2.44. The lowest BCUT2D eigenvalue weighted by molar-refractivity contribution is -0.145. The first-order valence-corrected chi connectivity index (χ1v) is 13.1. The first-order chi connectivity index (χ1) is 19.1. The SMILES string of the molecule is CC(C)=O.C[C@@H]1OC(C)(C)O[C@@H]1[C@H]1CNc2nc(N)[nH]c(=O)c2N1.C[C@H](O)[C@H](O)[C@H]1CNc2nc(N)[nH]c(=O)c2N1. The van der Waals surface area contributed by atoms with Crippen LogP contribution < -0.4 is 43.9 Å². The number of H-pyrrole nitrogens is 2. The maximum Gasteiger partial charge on any atom is 0.277 e. The number of nitrogens with two attached hydrogens (primary N) is 2. The third kappa shape index (κ3) is 8.06. The molecule has 2 aromatic heterocycles. The summed E-state index contributed by atoms with van der Waals surface area (Å²) in [6.45, 7) is 11.2. The molecule has 6 atom stereocenters. The van der Waals surface area contributed by atoms with E-state index in [0.29, 0.717) is 30.4 Å². The summed E-state index contributed by atoms with van der Waals surface area (Å²) in [4.78, 5) is 45.8. The van der Waals surface area contributed by atoms with Crippen molar-refractivity contribution in [3.8, 4) is 0 Å². The number of carbonyl (C=O) groups excluding carboxylic acids is 1. The van der Waals surface area contributed by atoms with Crippen LogP contribution in [0.3, 0.4) is 0 Å². The number of nitrogen functional groups attached to an aromatic ring is 2. The van der Waals surface area contributed by atoms with Gasteiger partial charge < -0.3 is 57.2 Å². The van der Waals surface area contributed by atoms with Crippen molar-refractivity contribution in [3.05, 3.63) is 20.7 Å². The Bertz CT molecular complexity index is 1340. The molecule has 0 unspecified atom stereocenters. The predicted octanol–water partition coefficient (Wildman–Crippen LogP) is -1.01. The van der Waals surface area contributed by atoms with E-state index in [2.05, 4.69) is 41.2 Å². The van der Waals surface area contributed by atoms with Crippen molar-refractivity contribution >= 4 is 40.7 Å². The third-order valence-electron chi connectivity index (χ3n) is 6.17. The van der Waals surface area contributed by atoms with Crippen molar-refractivity contribution < 1.29 is 24.5 Å². The minimum atomic E-state index is -0.979. The third-order valence-corrected chi connectivity index (χ3v) is 6.17. The molecule has 17 heteroatoms. The lowest BCUT2D eigenvalue weighted by atomic mass is 10.0. The van der Waals surface area contributed by atoms with Crippen molar-refractivity contribution in [2.45, 2.75) is 83.8 Å². The van der Waals surface area contributed by atoms with Gasteiger partial charge in [0.2, 0.25) is 11.9 Å². The molecule has 12 N–H and O–H groups in total. The van der Waals surface area contributed by atoms with Crippen molar-refractivity contribution in [1.29, 1.82) is 0 Å². The van der Waals surface area contributed by atoms with Crippen LogP contribution >= 0.6 is 0 Å². The van der Waals surface area contributed by atoms with Gasteiger partial charge in [-0.25, -0.2) is 0 Å². The van der Waals surface area contributed by atoms with Crippen LogP contribution in [0.15, 0.2) is 9.59 Å². The summed E-state index contributed by atoms with van der Waals surface area (Å²) in [6, 6.07) is -0.542. The number of carbonyl (C=O) groups is 1. The van der Waals surface area contributed by atoms with Crippen LogP contribution in [0.4, 0.5) is 34.9 Å². The quantitative estimate of drug-likeness (QED) is 0.208. The molecule has 0 aliphatic carbocycles. The molecule has 5 rings (SSSR count). The number of aromatic amines is 2. The molecule has 0 bridgehead atoms. The minimum absolute atomic E-state index is 0.0255. The summed E-state index contributed by atoms with van der Waals surface area (Å²) in [5.74, 6) is 0.486. The largest absolute Gasteiger partial charge is 0.391 e. The number of hydrogen-bond donors (Lipinski definition) is 10. The number of fused-ring (bicyclic) bond motifs is 2. The molecule has 2 aromatic rings. The van der Waals surface area contributed by atoms with Crippen LogP contribution in [-0.2, 0) is 14.3 Å². The topological polar surface area (TPSA) is 268 Å². The Morgan fingerprint density at radius 1 is 0.951 bits per heavy atom. The van der Waals surface area contributed by atoms with Gasteiger partial charge in [-0.1, -0.05) is 0 Å². The van der Waals surface area contributed by atoms with Gasteiger partial charge in [0.05, 0.1) is 24.3 Å². The number of aliphatic hydroxyl groups excluding tert-OH is 2. The molecule has 41 heavy (non-hydrogen) atoms. The Balaban J connectivity index is 0.000000202. The average Bonchev–Trinajstić information content (AvgIpc) is 3.15. The smallest absolute Gasteiger partial charge is 0.277 e. The molecule has 0 radical (unpaired) electrons. The number of nitrogens with one attached hydrogen (secondary N) is 6. The van der Waals surface area contributed by atoms with E-state index in [9.17, 15) is 24.6 Å². The second-order valence-electron chi connectivity index (χ2n) is 10.6. The fourth-order valence-electron chi connectivity index (χ4n) is 4.51. The molecule has 5 heterocycles. The van der Waals surface area contributed by atoms with E-state index in [4.69, 9.17) is 20.9 Å². The number of ketones is 1. The van der Waals surface area contributed by atoms with Gasteiger partial charge in [-0.05, 0) is 41.5 Å². The highest BCUT2D eigenvalue weighted by molar-refractivity contribution is 5.72. The first kappa shape index (κ1) is 31.6. The normalized spacial score (nSPS) is 25.0. The van der Waals surface area contributed by atoms with Crippen molar-refractivity contribution in [1.82, 2.24) is 19.9 Å². The highest BCUT2D eigenvalue weighted by atomic mass is 16.8. The van der Waals surface area contributed by atoms with Crippen LogP contribution in [0.1, 0.15) is 41.5 Å². The standard InChI is InChI=1S/C12H19N5O3.C9H15N5O3.C3H6O/c1-5-8(20-12(2,3)19-5)6-4-14-9-7(15-6)10(18)17-11(13)16-9;1-3(15)6(16)4-2-11-7-5(12-4)8(17)14-9(10)13-7;1-3(2)4/h5-6,8,15H,4H2,1-3H3,(H4,13,14,16,17,18);3-4,6,12,15-16H,2H2,1H3,(H4,10,11,13,14,17);1-2H3/t5-,6+,8-;3-,4+,6-;/m00./s1. The van der Waals surface area contributed by atoms with E-state index < -0.39 is 29.6 Å². The number of rotatable bonds is 3. The monoisotopic (exact) mass is 580 g/mol. The molecule has 0 spiro atoms. The lowest BCUT2D eigenvalue weighted by Crippen LogP contribution is -2.48. The molecule has 228 valence electrons. The molecule has 0 saturated carbocycles. The zero-order chi connectivity index (χ0) is 30.6. The maximum absolute atomic E-state index is 11.9. The number of Topliss-reactive ketones (excluding diaryl/α,β-unsaturated/α-hetero) is 1.